The maximum atomic E-state index is 13.2. The smallest absolute Gasteiger partial charge is 0.261 e. The average Bonchev–Trinajstić information content (AvgIpc) is 2.79. The molecule has 36 heavy (non-hydrogen) atoms. The van der Waals surface area contributed by atoms with E-state index in [0.717, 1.165) is 28.3 Å². The van der Waals surface area contributed by atoms with E-state index in [1.165, 1.54) is 42.5 Å². The number of halogens is 2. The summed E-state index contributed by atoms with van der Waals surface area (Å²) in [4.78, 5) is 12.3. The molecule has 8 nitrogen and oxygen atoms in total. The molecular weight excluding hydrogens is 529 g/mol. The average molecular weight is 554 g/mol. The maximum absolute atomic E-state index is 13.2. The Balaban J connectivity index is 1.57. The Morgan fingerprint density at radius 2 is 1.56 bits per heavy atom. The van der Waals surface area contributed by atoms with Gasteiger partial charge in [-0.2, -0.15) is 0 Å². The van der Waals surface area contributed by atoms with Crippen LogP contribution in [0.15, 0.2) is 71.6 Å². The van der Waals surface area contributed by atoms with Gasteiger partial charge in [0.05, 0.1) is 22.5 Å². The van der Waals surface area contributed by atoms with Crippen molar-refractivity contribution in [3.8, 4) is 0 Å². The fourth-order valence-electron chi connectivity index (χ4n) is 3.29. The summed E-state index contributed by atoms with van der Waals surface area (Å²) in [7, 11) is -7.49. The molecule has 12 heteroatoms. The van der Waals surface area contributed by atoms with Crippen molar-refractivity contribution in [2.24, 2.45) is 0 Å². The summed E-state index contributed by atoms with van der Waals surface area (Å²) in [5.74, 6) is -0.855. The fraction of sp³-hybridized carbons (Fsp3) is 0.208. The Morgan fingerprint density at radius 1 is 0.944 bits per heavy atom. The van der Waals surface area contributed by atoms with Gasteiger partial charge in [-0.05, 0) is 79.6 Å². The Hall–Kier alpha value is -3.15. The zero-order chi connectivity index (χ0) is 26.5. The van der Waals surface area contributed by atoms with E-state index in [4.69, 9.17) is 11.6 Å². The van der Waals surface area contributed by atoms with Crippen LogP contribution in [0.5, 0.6) is 0 Å². The molecule has 0 aliphatic heterocycles. The summed E-state index contributed by atoms with van der Waals surface area (Å²) < 4.78 is 66.2. The maximum Gasteiger partial charge on any atom is 0.261 e. The molecule has 0 saturated heterocycles. The molecule has 0 aromatic heterocycles. The van der Waals surface area contributed by atoms with Crippen molar-refractivity contribution >= 4 is 54.6 Å². The molecule has 3 aromatic carbocycles. The monoisotopic (exact) mass is 553 g/mol. The molecule has 0 unspecified atom stereocenters. The molecule has 0 aliphatic carbocycles. The number of hydrogen-bond donors (Lipinski definition) is 2. The second kappa shape index (κ2) is 11.3. The number of rotatable bonds is 10. The third-order valence-corrected chi connectivity index (χ3v) is 8.15. The lowest BCUT2D eigenvalue weighted by Crippen LogP contribution is -2.31. The van der Waals surface area contributed by atoms with Gasteiger partial charge in [0.25, 0.3) is 10.0 Å². The van der Waals surface area contributed by atoms with Gasteiger partial charge < -0.3 is 5.32 Å². The first-order valence-electron chi connectivity index (χ1n) is 10.8. The van der Waals surface area contributed by atoms with Gasteiger partial charge in [-0.1, -0.05) is 17.7 Å². The van der Waals surface area contributed by atoms with Crippen LogP contribution in [-0.2, 0) is 24.8 Å². The van der Waals surface area contributed by atoms with Crippen molar-refractivity contribution in [3.63, 3.8) is 0 Å². The lowest BCUT2D eigenvalue weighted by Gasteiger charge is -2.22. The minimum Gasteiger partial charge on any atom is -0.326 e. The molecule has 0 fully saturated rings. The first-order valence-corrected chi connectivity index (χ1v) is 14.5. The van der Waals surface area contributed by atoms with Crippen molar-refractivity contribution in [2.75, 3.05) is 27.1 Å². The predicted octanol–water partition coefficient (Wildman–Crippen LogP) is 4.77. The summed E-state index contributed by atoms with van der Waals surface area (Å²) in [6.45, 7) is 1.84. The van der Waals surface area contributed by atoms with Gasteiger partial charge in [-0.25, -0.2) is 21.2 Å². The van der Waals surface area contributed by atoms with E-state index in [-0.39, 0.29) is 30.2 Å². The van der Waals surface area contributed by atoms with Crippen LogP contribution in [0.4, 0.5) is 21.5 Å². The summed E-state index contributed by atoms with van der Waals surface area (Å²) in [5.41, 5.74) is 1.83. The zero-order valence-corrected chi connectivity index (χ0v) is 21.9. The first kappa shape index (κ1) is 27.4. The highest BCUT2D eigenvalue weighted by molar-refractivity contribution is 7.92. The minimum atomic E-state index is -3.86. The number of nitrogens with one attached hydrogen (secondary N) is 2. The minimum absolute atomic E-state index is 0.000267. The molecule has 0 heterocycles. The number of carbonyl (C=O) groups excluding carboxylic acids is 1. The second-order valence-electron chi connectivity index (χ2n) is 8.06. The SMILES string of the molecule is Cc1ccc(NS(=O)(=O)c2ccc(NC(=O)CCCN(c3ccc(F)cc3)S(C)(=O)=O)cc2)cc1Cl. The quantitative estimate of drug-likeness (QED) is 0.375. The van der Waals surface area contributed by atoms with Crippen molar-refractivity contribution in [2.45, 2.75) is 24.7 Å². The van der Waals surface area contributed by atoms with E-state index >= 15 is 0 Å². The zero-order valence-electron chi connectivity index (χ0n) is 19.5. The molecule has 0 spiro atoms. The molecule has 0 aliphatic rings. The second-order valence-corrected chi connectivity index (χ2v) is 12.1. The van der Waals surface area contributed by atoms with Crippen molar-refractivity contribution < 1.29 is 26.0 Å². The van der Waals surface area contributed by atoms with E-state index in [1.807, 2.05) is 0 Å². The Bertz CT molecular complexity index is 1450. The van der Waals surface area contributed by atoms with Gasteiger partial charge in [-0.15, -0.1) is 0 Å². The highest BCUT2D eigenvalue weighted by atomic mass is 35.5. The number of hydrogen-bond acceptors (Lipinski definition) is 5. The van der Waals surface area contributed by atoms with Crippen LogP contribution in [0.3, 0.4) is 0 Å². The van der Waals surface area contributed by atoms with Gasteiger partial charge in [0.15, 0.2) is 0 Å². The summed E-state index contributed by atoms with van der Waals surface area (Å²) in [5, 5.41) is 3.09. The molecule has 0 atom stereocenters. The fourth-order valence-corrected chi connectivity index (χ4v) is 5.48. The molecule has 2 N–H and O–H groups in total. The van der Waals surface area contributed by atoms with Crippen LogP contribution in [0.1, 0.15) is 18.4 Å². The van der Waals surface area contributed by atoms with Crippen LogP contribution >= 0.6 is 11.6 Å². The lowest BCUT2D eigenvalue weighted by atomic mass is 10.2. The van der Waals surface area contributed by atoms with Gasteiger partial charge in [0.2, 0.25) is 15.9 Å². The van der Waals surface area contributed by atoms with Crippen molar-refractivity contribution in [1.29, 1.82) is 0 Å². The topological polar surface area (TPSA) is 113 Å². The van der Waals surface area contributed by atoms with Crippen molar-refractivity contribution in [3.05, 3.63) is 83.1 Å². The Morgan fingerprint density at radius 3 is 2.14 bits per heavy atom. The molecule has 0 bridgehead atoms. The van der Waals surface area contributed by atoms with E-state index in [2.05, 4.69) is 10.0 Å². The first-order chi connectivity index (χ1) is 16.8. The van der Waals surface area contributed by atoms with E-state index in [9.17, 15) is 26.0 Å². The van der Waals surface area contributed by atoms with Gasteiger partial charge in [-0.3, -0.25) is 13.8 Å². The molecule has 192 valence electrons. The number of aryl methyl sites for hydroxylation is 1. The molecule has 3 rings (SSSR count). The van der Waals surface area contributed by atoms with Gasteiger partial charge in [0.1, 0.15) is 5.82 Å². The van der Waals surface area contributed by atoms with Crippen LogP contribution in [0, 0.1) is 12.7 Å². The number of carbonyl (C=O) groups is 1. The molecule has 3 aromatic rings. The third kappa shape index (κ3) is 7.42. The summed E-state index contributed by atoms with van der Waals surface area (Å²) in [6, 6.07) is 15.5. The summed E-state index contributed by atoms with van der Waals surface area (Å²) >= 11 is 6.05. The highest BCUT2D eigenvalue weighted by Crippen LogP contribution is 2.23. The Labute approximate surface area is 215 Å². The molecule has 1 amide bonds. The largest absolute Gasteiger partial charge is 0.326 e. The Kier molecular flexibility index (Phi) is 8.59. The van der Waals surface area contributed by atoms with E-state index < -0.39 is 25.9 Å². The molecular formula is C24H25ClFN3O5S2. The lowest BCUT2D eigenvalue weighted by molar-refractivity contribution is -0.116. The molecule has 0 saturated carbocycles. The number of amides is 1. The van der Waals surface area contributed by atoms with Crippen LogP contribution in [-0.4, -0.2) is 35.5 Å². The van der Waals surface area contributed by atoms with E-state index in [1.54, 1.807) is 19.1 Å². The van der Waals surface area contributed by atoms with Gasteiger partial charge >= 0.3 is 0 Å². The molecule has 0 radical (unpaired) electrons. The standard InChI is InChI=1S/C24H25ClFN3O5S2/c1-17-5-8-20(16-23(17)25)28-36(33,34)22-13-9-19(10-14-22)27-24(30)4-3-15-29(35(2,31)32)21-11-6-18(26)7-12-21/h5-14,16,28H,3-4,15H2,1-2H3,(H,27,30). The highest BCUT2D eigenvalue weighted by Gasteiger charge is 2.18. The normalized spacial score (nSPS) is 11.7. The number of sulfonamides is 2. The predicted molar refractivity (Wildman–Crippen MR) is 140 cm³/mol. The van der Waals surface area contributed by atoms with Crippen LogP contribution in [0.2, 0.25) is 5.02 Å². The third-order valence-electron chi connectivity index (χ3n) is 5.15. The van der Waals surface area contributed by atoms with E-state index in [0.29, 0.717) is 22.1 Å². The number of anilines is 3. The van der Waals surface area contributed by atoms with Gasteiger partial charge in [0, 0.05) is 23.7 Å². The van der Waals surface area contributed by atoms with Crippen LogP contribution in [0.25, 0.3) is 0 Å². The van der Waals surface area contributed by atoms with Crippen molar-refractivity contribution in [1.82, 2.24) is 0 Å². The number of nitrogens with zero attached hydrogens (tertiary/aromatic N) is 1. The van der Waals surface area contributed by atoms with Crippen LogP contribution < -0.4 is 14.3 Å². The number of benzene rings is 3. The summed E-state index contributed by atoms with van der Waals surface area (Å²) in [6.07, 6.45) is 1.27.